The zero-order chi connectivity index (χ0) is 19.2. The lowest BCUT2D eigenvalue weighted by molar-refractivity contribution is -0.160. The van der Waals surface area contributed by atoms with E-state index in [0.29, 0.717) is 17.4 Å². The van der Waals surface area contributed by atoms with Gasteiger partial charge in [0.05, 0.1) is 12.5 Å². The highest BCUT2D eigenvalue weighted by Gasteiger charge is 2.53. The molecule has 1 saturated heterocycles. The predicted molar refractivity (Wildman–Crippen MR) is 107 cm³/mol. The number of aromatic nitrogens is 1. The van der Waals surface area contributed by atoms with Crippen LogP contribution in [-0.2, 0) is 17.6 Å². The van der Waals surface area contributed by atoms with Gasteiger partial charge in [-0.15, -0.1) is 0 Å². The Morgan fingerprint density at radius 2 is 2.07 bits per heavy atom. The Morgan fingerprint density at radius 1 is 1.33 bits per heavy atom. The lowest BCUT2D eigenvalue weighted by atomic mass is 9.56. The number of carbonyl (C=O) groups is 1. The van der Waals surface area contributed by atoms with E-state index in [0.717, 1.165) is 38.9 Å². The Morgan fingerprint density at radius 3 is 2.70 bits per heavy atom. The molecule has 0 unspecified atom stereocenters. The van der Waals surface area contributed by atoms with Gasteiger partial charge in [-0.1, -0.05) is 13.0 Å². The smallest absolute Gasteiger partial charge is 0.228 e. The van der Waals surface area contributed by atoms with Crippen molar-refractivity contribution in [2.75, 3.05) is 31.1 Å². The van der Waals surface area contributed by atoms with Crippen molar-refractivity contribution in [1.82, 2.24) is 9.88 Å². The minimum atomic E-state index is -0.210. The molecule has 3 aliphatic rings. The molecule has 27 heavy (non-hydrogen) atoms. The molecule has 1 aliphatic carbocycles. The second-order valence-electron chi connectivity index (χ2n) is 9.28. The number of aliphatic hydroxyl groups is 1. The molecule has 1 saturated carbocycles. The Hall–Kier alpha value is -1.62. The molecule has 2 fully saturated rings. The number of fused-ring (bicyclic) bond motifs is 1. The van der Waals surface area contributed by atoms with Crippen molar-refractivity contribution in [2.45, 2.75) is 58.9 Å². The number of aliphatic hydroxyl groups excluding tert-OH is 1. The molecular weight excluding hydrogens is 338 g/mol. The largest absolute Gasteiger partial charge is 0.396 e. The van der Waals surface area contributed by atoms with Gasteiger partial charge in [0, 0.05) is 36.8 Å². The van der Waals surface area contributed by atoms with Gasteiger partial charge in [0.25, 0.3) is 0 Å². The highest BCUT2D eigenvalue weighted by atomic mass is 16.3. The van der Waals surface area contributed by atoms with Crippen molar-refractivity contribution < 1.29 is 9.90 Å². The quantitative estimate of drug-likeness (QED) is 0.835. The highest BCUT2D eigenvalue weighted by molar-refractivity contribution is 5.80. The number of carbonyl (C=O) groups excluding carboxylic acids is 1. The van der Waals surface area contributed by atoms with Gasteiger partial charge < -0.3 is 14.9 Å². The first-order valence-electron chi connectivity index (χ1n) is 10.6. The second-order valence-corrected chi connectivity index (χ2v) is 9.28. The van der Waals surface area contributed by atoms with E-state index in [1.807, 2.05) is 11.8 Å². The summed E-state index contributed by atoms with van der Waals surface area (Å²) in [6.45, 7) is 9.28. The molecule has 1 N–H and O–H groups in total. The first-order valence-corrected chi connectivity index (χ1v) is 10.6. The molecular formula is C22H33N3O2. The van der Waals surface area contributed by atoms with Gasteiger partial charge in [-0.2, -0.15) is 0 Å². The normalized spacial score (nSPS) is 22.0. The molecule has 5 heteroatoms. The van der Waals surface area contributed by atoms with Crippen molar-refractivity contribution in [3.8, 4) is 0 Å². The molecule has 148 valence electrons. The van der Waals surface area contributed by atoms with Gasteiger partial charge in [0.2, 0.25) is 5.91 Å². The van der Waals surface area contributed by atoms with Gasteiger partial charge >= 0.3 is 0 Å². The second kappa shape index (κ2) is 7.08. The molecule has 1 amide bonds. The number of nitrogens with zero attached hydrogens (tertiary/aromatic N) is 3. The molecule has 2 aliphatic heterocycles. The van der Waals surface area contributed by atoms with Crippen LogP contribution in [0.2, 0.25) is 0 Å². The first-order chi connectivity index (χ1) is 12.9. The Balaban J connectivity index is 1.30. The van der Waals surface area contributed by atoms with E-state index in [-0.39, 0.29) is 18.4 Å². The summed E-state index contributed by atoms with van der Waals surface area (Å²) in [5.74, 6) is 1.83. The van der Waals surface area contributed by atoms with Crippen molar-refractivity contribution in [3.63, 3.8) is 0 Å². The zero-order valence-electron chi connectivity index (χ0n) is 16.9. The molecule has 0 aromatic carbocycles. The number of amides is 1. The van der Waals surface area contributed by atoms with Crippen LogP contribution in [0.4, 0.5) is 5.82 Å². The Kier molecular flexibility index (Phi) is 4.91. The van der Waals surface area contributed by atoms with Crippen LogP contribution < -0.4 is 4.90 Å². The van der Waals surface area contributed by atoms with Gasteiger partial charge in [0.15, 0.2) is 0 Å². The first kappa shape index (κ1) is 18.7. The summed E-state index contributed by atoms with van der Waals surface area (Å²) in [5, 5.41) is 9.33. The average Bonchev–Trinajstić information content (AvgIpc) is 3.00. The SMILES string of the molecule is CC[C@H](CO)C(=O)N1CC2(CC(Cc3ccc4c(n3)N(C(C)C)CC4)C2)C1. The molecule has 4 rings (SSSR count). The van der Waals surface area contributed by atoms with E-state index in [4.69, 9.17) is 4.98 Å². The van der Waals surface area contributed by atoms with E-state index in [1.165, 1.54) is 29.9 Å². The lowest BCUT2D eigenvalue weighted by Crippen LogP contribution is -2.65. The molecule has 1 spiro atoms. The number of likely N-dealkylation sites (tertiary alicyclic amines) is 1. The van der Waals surface area contributed by atoms with Crippen LogP contribution in [0.25, 0.3) is 0 Å². The van der Waals surface area contributed by atoms with E-state index >= 15 is 0 Å². The summed E-state index contributed by atoms with van der Waals surface area (Å²) >= 11 is 0. The fraction of sp³-hybridized carbons (Fsp3) is 0.727. The van der Waals surface area contributed by atoms with Crippen LogP contribution in [0.15, 0.2) is 12.1 Å². The molecule has 5 nitrogen and oxygen atoms in total. The van der Waals surface area contributed by atoms with E-state index < -0.39 is 0 Å². The summed E-state index contributed by atoms with van der Waals surface area (Å²) in [6.07, 6.45) is 5.31. The van der Waals surface area contributed by atoms with Gasteiger partial charge in [0.1, 0.15) is 5.82 Å². The summed E-state index contributed by atoms with van der Waals surface area (Å²) < 4.78 is 0. The Labute approximate surface area is 162 Å². The minimum Gasteiger partial charge on any atom is -0.396 e. The minimum absolute atomic E-state index is 0.0289. The molecule has 0 bridgehead atoms. The standard InChI is InChI=1S/C22H33N3O2/c1-4-17(12-26)21(27)24-13-22(14-24)10-16(11-22)9-19-6-5-18-7-8-25(15(2)3)20(18)23-19/h5-6,15-17,26H,4,7-14H2,1-3H3/t17-/m1/s1. The van der Waals surface area contributed by atoms with E-state index in [9.17, 15) is 9.90 Å². The fourth-order valence-corrected chi connectivity index (χ4v) is 5.35. The zero-order valence-corrected chi connectivity index (χ0v) is 16.9. The van der Waals surface area contributed by atoms with Gasteiger partial charge in [-0.3, -0.25) is 4.79 Å². The molecule has 1 atom stereocenters. The topological polar surface area (TPSA) is 56.7 Å². The summed E-state index contributed by atoms with van der Waals surface area (Å²) in [4.78, 5) is 21.7. The fourth-order valence-electron chi connectivity index (χ4n) is 5.35. The highest BCUT2D eigenvalue weighted by Crippen LogP contribution is 2.53. The lowest BCUT2D eigenvalue weighted by Gasteiger charge is -2.59. The van der Waals surface area contributed by atoms with E-state index in [1.54, 1.807) is 0 Å². The van der Waals surface area contributed by atoms with E-state index in [2.05, 4.69) is 30.9 Å². The van der Waals surface area contributed by atoms with Crippen LogP contribution in [0.3, 0.4) is 0 Å². The maximum absolute atomic E-state index is 12.3. The van der Waals surface area contributed by atoms with Crippen molar-refractivity contribution in [3.05, 3.63) is 23.4 Å². The van der Waals surface area contributed by atoms with Crippen LogP contribution in [0, 0.1) is 17.3 Å². The average molecular weight is 372 g/mol. The third kappa shape index (κ3) is 3.35. The summed E-state index contributed by atoms with van der Waals surface area (Å²) in [5.41, 5.74) is 2.97. The number of rotatable bonds is 6. The molecule has 3 heterocycles. The number of hydrogen-bond acceptors (Lipinski definition) is 4. The molecule has 1 aromatic rings. The molecule has 1 aromatic heterocycles. The summed E-state index contributed by atoms with van der Waals surface area (Å²) in [7, 11) is 0. The third-order valence-corrected chi connectivity index (χ3v) is 6.90. The van der Waals surface area contributed by atoms with Crippen molar-refractivity contribution in [1.29, 1.82) is 0 Å². The maximum atomic E-state index is 12.3. The monoisotopic (exact) mass is 371 g/mol. The van der Waals surface area contributed by atoms with Crippen molar-refractivity contribution >= 4 is 11.7 Å². The Bertz CT molecular complexity index is 700. The van der Waals surface area contributed by atoms with Crippen LogP contribution in [0.5, 0.6) is 0 Å². The number of hydrogen-bond donors (Lipinski definition) is 1. The predicted octanol–water partition coefficient (Wildman–Crippen LogP) is 2.65. The molecule has 0 radical (unpaired) electrons. The van der Waals surface area contributed by atoms with Crippen LogP contribution in [-0.4, -0.2) is 53.2 Å². The summed E-state index contributed by atoms with van der Waals surface area (Å²) in [6, 6.07) is 5.00. The maximum Gasteiger partial charge on any atom is 0.228 e. The van der Waals surface area contributed by atoms with Crippen LogP contribution in [0.1, 0.15) is 51.3 Å². The van der Waals surface area contributed by atoms with Crippen molar-refractivity contribution in [2.24, 2.45) is 17.3 Å². The van der Waals surface area contributed by atoms with Gasteiger partial charge in [-0.25, -0.2) is 4.98 Å². The third-order valence-electron chi connectivity index (χ3n) is 6.90. The number of pyridine rings is 1. The van der Waals surface area contributed by atoms with Crippen LogP contribution >= 0.6 is 0 Å². The number of anilines is 1. The van der Waals surface area contributed by atoms with Gasteiger partial charge in [-0.05, 0) is 63.5 Å².